The molecule has 0 N–H and O–H groups in total. The lowest BCUT2D eigenvalue weighted by molar-refractivity contribution is -0.133. The van der Waals surface area contributed by atoms with Crippen molar-refractivity contribution >= 4 is 5.91 Å². The topological polar surface area (TPSA) is 42.3 Å². The monoisotopic (exact) mass is 326 g/mol. The summed E-state index contributed by atoms with van der Waals surface area (Å²) in [6.45, 7) is 2.03. The third-order valence-corrected chi connectivity index (χ3v) is 5.10. The molecule has 1 aromatic heterocycles. The molecule has 0 spiro atoms. The average molecular weight is 326 g/mol. The lowest BCUT2D eigenvalue weighted by Gasteiger charge is -2.42. The number of nitrogens with zero attached hydrogens (tertiary/aromatic N) is 2. The molecular weight excluding hydrogens is 307 g/mol. The van der Waals surface area contributed by atoms with Crippen LogP contribution in [0.2, 0.25) is 0 Å². The van der Waals surface area contributed by atoms with Gasteiger partial charge >= 0.3 is 0 Å². The largest absolute Gasteiger partial charge is 0.341 e. The van der Waals surface area contributed by atoms with Gasteiger partial charge < -0.3 is 9.47 Å². The molecule has 0 aliphatic carbocycles. The Morgan fingerprint density at radius 1 is 1.08 bits per heavy atom. The van der Waals surface area contributed by atoms with Crippen LogP contribution in [0.3, 0.4) is 0 Å². The summed E-state index contributed by atoms with van der Waals surface area (Å²) in [5.41, 5.74) is 1.92. The first-order valence-electron chi connectivity index (χ1n) is 8.32. The first-order valence-corrected chi connectivity index (χ1v) is 8.32. The van der Waals surface area contributed by atoms with Gasteiger partial charge in [-0.1, -0.05) is 18.2 Å². The highest BCUT2D eigenvalue weighted by atomic mass is 19.1. The molecule has 1 saturated heterocycles. The Balaban J connectivity index is 1.52. The molecule has 0 unspecified atom stereocenters. The van der Waals surface area contributed by atoms with Crippen LogP contribution in [0, 0.1) is 11.7 Å². The molecular formula is C19H19FN2O2. The van der Waals surface area contributed by atoms with Crippen LogP contribution in [0.5, 0.6) is 0 Å². The zero-order chi connectivity index (χ0) is 16.7. The predicted octanol–water partition coefficient (Wildman–Crippen LogP) is 2.18. The van der Waals surface area contributed by atoms with E-state index in [4.69, 9.17) is 0 Å². The molecule has 24 heavy (non-hydrogen) atoms. The summed E-state index contributed by atoms with van der Waals surface area (Å²) in [6.07, 6.45) is 1.32. The number of hydrogen-bond donors (Lipinski definition) is 0. The van der Waals surface area contributed by atoms with Gasteiger partial charge in [0, 0.05) is 37.3 Å². The number of benzene rings is 1. The second kappa shape index (κ2) is 5.89. The summed E-state index contributed by atoms with van der Waals surface area (Å²) < 4.78 is 14.8. The summed E-state index contributed by atoms with van der Waals surface area (Å²) in [7, 11) is 0. The lowest BCUT2D eigenvalue weighted by Crippen LogP contribution is -2.49. The summed E-state index contributed by atoms with van der Waals surface area (Å²) >= 11 is 0. The zero-order valence-electron chi connectivity index (χ0n) is 13.3. The first-order chi connectivity index (χ1) is 11.6. The number of aromatic nitrogens is 1. The molecule has 1 aromatic carbocycles. The molecule has 1 amide bonds. The van der Waals surface area contributed by atoms with Gasteiger partial charge in [-0.05, 0) is 36.1 Å². The van der Waals surface area contributed by atoms with E-state index in [1.165, 1.54) is 12.1 Å². The lowest BCUT2D eigenvalue weighted by atomic mass is 9.83. The molecule has 4 nitrogen and oxygen atoms in total. The third-order valence-electron chi connectivity index (χ3n) is 5.10. The van der Waals surface area contributed by atoms with Crippen LogP contribution in [0.15, 0.2) is 47.3 Å². The molecule has 5 heteroatoms. The summed E-state index contributed by atoms with van der Waals surface area (Å²) in [4.78, 5) is 26.6. The van der Waals surface area contributed by atoms with E-state index in [0.717, 1.165) is 17.7 Å². The fourth-order valence-electron chi connectivity index (χ4n) is 3.99. The Hall–Kier alpha value is -2.43. The Labute approximate surface area is 139 Å². The summed E-state index contributed by atoms with van der Waals surface area (Å²) in [5, 5.41) is 0. The quantitative estimate of drug-likeness (QED) is 0.849. The SMILES string of the molecule is O=C(Cc1ccc(F)cc1)N1C[C@@H]2C[C@H](C1)c1cccc(=O)n1C2. The van der Waals surface area contributed by atoms with Crippen molar-refractivity contribution in [1.82, 2.24) is 9.47 Å². The van der Waals surface area contributed by atoms with E-state index in [1.807, 2.05) is 15.5 Å². The minimum Gasteiger partial charge on any atom is -0.341 e. The fourth-order valence-corrected chi connectivity index (χ4v) is 3.99. The van der Waals surface area contributed by atoms with E-state index in [0.29, 0.717) is 32.0 Å². The van der Waals surface area contributed by atoms with E-state index in [1.54, 1.807) is 24.3 Å². The van der Waals surface area contributed by atoms with Crippen LogP contribution in [0.4, 0.5) is 4.39 Å². The number of amides is 1. The summed E-state index contributed by atoms with van der Waals surface area (Å²) in [6, 6.07) is 11.5. The van der Waals surface area contributed by atoms with Crippen LogP contribution in [-0.4, -0.2) is 28.5 Å². The van der Waals surface area contributed by atoms with E-state index in [2.05, 4.69) is 0 Å². The Kier molecular flexibility index (Phi) is 3.71. The fraction of sp³-hybridized carbons (Fsp3) is 0.368. The molecule has 3 heterocycles. The minimum absolute atomic E-state index is 0.0493. The number of rotatable bonds is 2. The van der Waals surface area contributed by atoms with Crippen LogP contribution >= 0.6 is 0 Å². The number of pyridine rings is 1. The standard InChI is InChI=1S/C19H19FN2O2/c20-16-6-4-13(5-7-16)9-19(24)21-10-14-8-15(12-21)17-2-1-3-18(23)22(17)11-14/h1-7,14-15H,8-12H2/t14-,15+/m0/s1. The number of halogens is 1. The van der Waals surface area contributed by atoms with Gasteiger partial charge in [0.2, 0.25) is 5.91 Å². The molecule has 2 atom stereocenters. The van der Waals surface area contributed by atoms with Gasteiger partial charge in [0.15, 0.2) is 0 Å². The number of carbonyl (C=O) groups excluding carboxylic acids is 1. The molecule has 2 aliphatic rings. The van der Waals surface area contributed by atoms with Crippen molar-refractivity contribution in [2.75, 3.05) is 13.1 Å². The highest BCUT2D eigenvalue weighted by molar-refractivity contribution is 5.79. The molecule has 0 radical (unpaired) electrons. The molecule has 0 saturated carbocycles. The van der Waals surface area contributed by atoms with Crippen molar-refractivity contribution in [2.24, 2.45) is 5.92 Å². The second-order valence-corrected chi connectivity index (χ2v) is 6.80. The van der Waals surface area contributed by atoms with Crippen LogP contribution < -0.4 is 5.56 Å². The van der Waals surface area contributed by atoms with E-state index < -0.39 is 0 Å². The molecule has 124 valence electrons. The molecule has 4 rings (SSSR count). The van der Waals surface area contributed by atoms with Crippen molar-refractivity contribution < 1.29 is 9.18 Å². The molecule has 1 fully saturated rings. The highest BCUT2D eigenvalue weighted by Crippen LogP contribution is 2.35. The van der Waals surface area contributed by atoms with E-state index in [9.17, 15) is 14.0 Å². The van der Waals surface area contributed by atoms with Crippen molar-refractivity contribution in [1.29, 1.82) is 0 Å². The van der Waals surface area contributed by atoms with Crippen molar-refractivity contribution in [3.05, 3.63) is 69.9 Å². The van der Waals surface area contributed by atoms with Crippen molar-refractivity contribution in [2.45, 2.75) is 25.3 Å². The zero-order valence-corrected chi connectivity index (χ0v) is 13.3. The maximum Gasteiger partial charge on any atom is 0.250 e. The second-order valence-electron chi connectivity index (χ2n) is 6.80. The van der Waals surface area contributed by atoms with Gasteiger partial charge in [0.05, 0.1) is 6.42 Å². The Morgan fingerprint density at radius 2 is 1.88 bits per heavy atom. The van der Waals surface area contributed by atoms with Gasteiger partial charge in [0.25, 0.3) is 5.56 Å². The normalized spacial score (nSPS) is 22.1. The minimum atomic E-state index is -0.291. The van der Waals surface area contributed by atoms with E-state index in [-0.39, 0.29) is 23.2 Å². The van der Waals surface area contributed by atoms with Gasteiger partial charge in [-0.2, -0.15) is 0 Å². The van der Waals surface area contributed by atoms with E-state index >= 15 is 0 Å². The van der Waals surface area contributed by atoms with Crippen LogP contribution in [0.25, 0.3) is 0 Å². The van der Waals surface area contributed by atoms with Gasteiger partial charge in [-0.25, -0.2) is 4.39 Å². The third kappa shape index (κ3) is 2.75. The average Bonchev–Trinajstić information content (AvgIpc) is 2.58. The number of fused-ring (bicyclic) bond motifs is 4. The van der Waals surface area contributed by atoms with Crippen LogP contribution in [0.1, 0.15) is 23.6 Å². The summed E-state index contributed by atoms with van der Waals surface area (Å²) in [5.74, 6) is 0.334. The predicted molar refractivity (Wildman–Crippen MR) is 88.2 cm³/mol. The number of likely N-dealkylation sites (tertiary alicyclic amines) is 1. The Morgan fingerprint density at radius 3 is 2.67 bits per heavy atom. The van der Waals surface area contributed by atoms with Gasteiger partial charge in [0.1, 0.15) is 5.82 Å². The van der Waals surface area contributed by atoms with Crippen LogP contribution in [-0.2, 0) is 17.8 Å². The van der Waals surface area contributed by atoms with Gasteiger partial charge in [-0.3, -0.25) is 9.59 Å². The number of carbonyl (C=O) groups is 1. The first kappa shape index (κ1) is 15.1. The maximum absolute atomic E-state index is 13.0. The Bertz CT molecular complexity index is 828. The van der Waals surface area contributed by atoms with Crippen molar-refractivity contribution in [3.8, 4) is 0 Å². The number of hydrogen-bond acceptors (Lipinski definition) is 2. The van der Waals surface area contributed by atoms with Gasteiger partial charge in [-0.15, -0.1) is 0 Å². The number of piperidine rings is 1. The molecule has 2 aromatic rings. The molecule has 2 bridgehead atoms. The molecule has 2 aliphatic heterocycles. The van der Waals surface area contributed by atoms with Crippen molar-refractivity contribution in [3.63, 3.8) is 0 Å². The smallest absolute Gasteiger partial charge is 0.250 e. The maximum atomic E-state index is 13.0. The highest BCUT2D eigenvalue weighted by Gasteiger charge is 2.36.